The molecule has 2 aliphatic rings. The minimum atomic E-state index is 0.0329. The number of nitrogens with zero attached hydrogens (tertiary/aromatic N) is 1. The first kappa shape index (κ1) is 14.7. The number of hydrogen-bond donors (Lipinski definition) is 0. The Labute approximate surface area is 127 Å². The molecule has 2 fully saturated rings. The number of aryl methyl sites for hydroxylation is 1. The SMILES string of the molecule is O=C(CCc1cccnc1)C1CCOC2(CCCCC2)C1. The Balaban J connectivity index is 1.54. The highest BCUT2D eigenvalue weighted by atomic mass is 16.5. The van der Waals surface area contributed by atoms with Gasteiger partial charge in [-0.25, -0.2) is 0 Å². The van der Waals surface area contributed by atoms with Crippen LogP contribution in [0, 0.1) is 5.92 Å². The van der Waals surface area contributed by atoms with Gasteiger partial charge in [-0.2, -0.15) is 0 Å². The van der Waals surface area contributed by atoms with Crippen LogP contribution in [0.25, 0.3) is 0 Å². The molecule has 1 saturated heterocycles. The van der Waals surface area contributed by atoms with Crippen molar-refractivity contribution in [2.45, 2.75) is 63.4 Å². The molecule has 0 radical (unpaired) electrons. The van der Waals surface area contributed by atoms with E-state index in [9.17, 15) is 4.79 Å². The number of ketones is 1. The van der Waals surface area contributed by atoms with Gasteiger partial charge in [0.2, 0.25) is 0 Å². The van der Waals surface area contributed by atoms with E-state index in [0.29, 0.717) is 12.2 Å². The summed E-state index contributed by atoms with van der Waals surface area (Å²) in [6, 6.07) is 3.98. The zero-order valence-corrected chi connectivity index (χ0v) is 12.7. The summed E-state index contributed by atoms with van der Waals surface area (Å²) in [5.74, 6) is 0.639. The van der Waals surface area contributed by atoms with Crippen molar-refractivity contribution in [1.29, 1.82) is 0 Å². The lowest BCUT2D eigenvalue weighted by molar-refractivity contribution is -0.142. The van der Waals surface area contributed by atoms with Crippen molar-refractivity contribution in [2.24, 2.45) is 5.92 Å². The highest BCUT2D eigenvalue weighted by Crippen LogP contribution is 2.41. The highest BCUT2D eigenvalue weighted by molar-refractivity contribution is 5.81. The molecule has 1 atom stereocenters. The number of rotatable bonds is 4. The van der Waals surface area contributed by atoms with Crippen LogP contribution in [-0.2, 0) is 16.0 Å². The normalized spacial score (nSPS) is 24.9. The van der Waals surface area contributed by atoms with E-state index in [2.05, 4.69) is 4.98 Å². The van der Waals surface area contributed by atoms with Crippen LogP contribution >= 0.6 is 0 Å². The first-order chi connectivity index (χ1) is 10.3. The van der Waals surface area contributed by atoms with Gasteiger partial charge in [-0.1, -0.05) is 25.3 Å². The van der Waals surface area contributed by atoms with E-state index in [4.69, 9.17) is 4.74 Å². The lowest BCUT2D eigenvalue weighted by Gasteiger charge is -2.43. The molecule has 0 amide bonds. The van der Waals surface area contributed by atoms with Crippen LogP contribution in [0.5, 0.6) is 0 Å². The van der Waals surface area contributed by atoms with Gasteiger partial charge < -0.3 is 4.74 Å². The first-order valence-corrected chi connectivity index (χ1v) is 8.33. The molecule has 1 aliphatic heterocycles. The molecular formula is C18H25NO2. The van der Waals surface area contributed by atoms with Crippen LogP contribution in [0.1, 0.15) is 56.9 Å². The van der Waals surface area contributed by atoms with Gasteiger partial charge in [-0.3, -0.25) is 9.78 Å². The Morgan fingerprint density at radius 1 is 1.33 bits per heavy atom. The Bertz CT molecular complexity index is 460. The van der Waals surface area contributed by atoms with Gasteiger partial charge in [0.05, 0.1) is 5.60 Å². The fourth-order valence-corrected chi connectivity index (χ4v) is 3.86. The second-order valence-corrected chi connectivity index (χ2v) is 6.61. The molecule has 1 aliphatic carbocycles. The van der Waals surface area contributed by atoms with Crippen LogP contribution in [0.3, 0.4) is 0 Å². The molecule has 1 unspecified atom stereocenters. The summed E-state index contributed by atoms with van der Waals surface area (Å²) >= 11 is 0. The molecule has 0 N–H and O–H groups in total. The maximum absolute atomic E-state index is 12.5. The van der Waals surface area contributed by atoms with Crippen molar-refractivity contribution in [3.05, 3.63) is 30.1 Å². The predicted octanol–water partition coefficient (Wildman–Crippen LogP) is 3.71. The Hall–Kier alpha value is -1.22. The van der Waals surface area contributed by atoms with Crippen molar-refractivity contribution >= 4 is 5.78 Å². The third kappa shape index (κ3) is 3.70. The molecule has 1 saturated carbocycles. The van der Waals surface area contributed by atoms with E-state index in [1.807, 2.05) is 18.3 Å². The van der Waals surface area contributed by atoms with Crippen molar-refractivity contribution < 1.29 is 9.53 Å². The molecule has 1 aromatic heterocycles. The summed E-state index contributed by atoms with van der Waals surface area (Å²) in [6.45, 7) is 0.767. The second kappa shape index (κ2) is 6.69. The van der Waals surface area contributed by atoms with Gasteiger partial charge in [0.25, 0.3) is 0 Å². The first-order valence-electron chi connectivity index (χ1n) is 8.33. The average Bonchev–Trinajstić information content (AvgIpc) is 2.54. The maximum Gasteiger partial charge on any atom is 0.136 e. The second-order valence-electron chi connectivity index (χ2n) is 6.61. The standard InChI is InChI=1S/C18H25NO2/c20-17(7-6-15-5-4-11-19-14-15)16-8-12-21-18(13-16)9-2-1-3-10-18/h4-5,11,14,16H,1-3,6-10,12-13H2. The summed E-state index contributed by atoms with van der Waals surface area (Å²) in [5, 5.41) is 0. The van der Waals surface area contributed by atoms with Crippen LogP contribution in [0.15, 0.2) is 24.5 Å². The zero-order chi connectivity index (χ0) is 14.5. The molecule has 3 rings (SSSR count). The van der Waals surface area contributed by atoms with Crippen molar-refractivity contribution in [3.63, 3.8) is 0 Å². The zero-order valence-electron chi connectivity index (χ0n) is 12.7. The average molecular weight is 287 g/mol. The number of carbonyl (C=O) groups is 1. The van der Waals surface area contributed by atoms with E-state index in [1.54, 1.807) is 6.20 Å². The summed E-state index contributed by atoms with van der Waals surface area (Å²) in [6.07, 6.45) is 13.1. The van der Waals surface area contributed by atoms with Crippen LogP contribution in [0.4, 0.5) is 0 Å². The minimum Gasteiger partial charge on any atom is -0.375 e. The fourth-order valence-electron chi connectivity index (χ4n) is 3.86. The summed E-state index contributed by atoms with van der Waals surface area (Å²) < 4.78 is 6.09. The lowest BCUT2D eigenvalue weighted by atomic mass is 9.74. The smallest absolute Gasteiger partial charge is 0.136 e. The number of aromatic nitrogens is 1. The molecule has 2 heterocycles. The van der Waals surface area contributed by atoms with E-state index in [0.717, 1.165) is 44.3 Å². The van der Waals surface area contributed by atoms with E-state index in [1.165, 1.54) is 19.3 Å². The number of carbonyl (C=O) groups excluding carboxylic acids is 1. The Kier molecular flexibility index (Phi) is 4.69. The van der Waals surface area contributed by atoms with Gasteiger partial charge in [0.1, 0.15) is 5.78 Å². The van der Waals surface area contributed by atoms with Crippen molar-refractivity contribution in [3.8, 4) is 0 Å². The number of Topliss-reactive ketones (excluding diaryl/α,β-unsaturated/α-hetero) is 1. The summed E-state index contributed by atoms with van der Waals surface area (Å²) in [4.78, 5) is 16.6. The minimum absolute atomic E-state index is 0.0329. The molecule has 0 aromatic carbocycles. The molecule has 1 spiro atoms. The molecule has 3 heteroatoms. The van der Waals surface area contributed by atoms with Gasteiger partial charge in [-0.05, 0) is 43.7 Å². The largest absolute Gasteiger partial charge is 0.375 e. The van der Waals surface area contributed by atoms with Gasteiger partial charge in [0.15, 0.2) is 0 Å². The highest BCUT2D eigenvalue weighted by Gasteiger charge is 2.40. The van der Waals surface area contributed by atoms with E-state index in [-0.39, 0.29) is 11.5 Å². The summed E-state index contributed by atoms with van der Waals surface area (Å²) in [7, 11) is 0. The number of hydrogen-bond acceptors (Lipinski definition) is 3. The van der Waals surface area contributed by atoms with Crippen LogP contribution < -0.4 is 0 Å². The molecule has 0 bridgehead atoms. The van der Waals surface area contributed by atoms with Crippen LogP contribution in [-0.4, -0.2) is 23.0 Å². The van der Waals surface area contributed by atoms with E-state index >= 15 is 0 Å². The molecule has 114 valence electrons. The topological polar surface area (TPSA) is 39.2 Å². The van der Waals surface area contributed by atoms with Gasteiger partial charge in [-0.15, -0.1) is 0 Å². The molecular weight excluding hydrogens is 262 g/mol. The quantitative estimate of drug-likeness (QED) is 0.847. The van der Waals surface area contributed by atoms with Gasteiger partial charge >= 0.3 is 0 Å². The third-order valence-corrected chi connectivity index (χ3v) is 5.10. The van der Waals surface area contributed by atoms with Crippen molar-refractivity contribution in [2.75, 3.05) is 6.61 Å². The molecule has 3 nitrogen and oxygen atoms in total. The molecule has 21 heavy (non-hydrogen) atoms. The maximum atomic E-state index is 12.5. The number of ether oxygens (including phenoxy) is 1. The summed E-state index contributed by atoms with van der Waals surface area (Å²) in [5.41, 5.74) is 1.19. The predicted molar refractivity (Wildman–Crippen MR) is 82.1 cm³/mol. The van der Waals surface area contributed by atoms with Crippen LogP contribution in [0.2, 0.25) is 0 Å². The third-order valence-electron chi connectivity index (χ3n) is 5.10. The van der Waals surface area contributed by atoms with E-state index < -0.39 is 0 Å². The van der Waals surface area contributed by atoms with Crippen molar-refractivity contribution in [1.82, 2.24) is 4.98 Å². The fraction of sp³-hybridized carbons (Fsp3) is 0.667. The Morgan fingerprint density at radius 3 is 2.95 bits per heavy atom. The monoisotopic (exact) mass is 287 g/mol. The Morgan fingerprint density at radius 2 is 2.19 bits per heavy atom. The van der Waals surface area contributed by atoms with Gasteiger partial charge in [0, 0.05) is 31.3 Å². The number of pyridine rings is 1. The molecule has 1 aromatic rings. The lowest BCUT2D eigenvalue weighted by Crippen LogP contribution is -2.43.